The van der Waals surface area contributed by atoms with E-state index in [4.69, 9.17) is 5.73 Å². The van der Waals surface area contributed by atoms with Crippen LogP contribution in [0, 0.1) is 0 Å². The molecule has 1 heterocycles. The van der Waals surface area contributed by atoms with Crippen molar-refractivity contribution in [2.45, 2.75) is 24.3 Å². The van der Waals surface area contributed by atoms with Crippen LogP contribution in [0.25, 0.3) is 33.4 Å². The van der Waals surface area contributed by atoms with E-state index < -0.39 is 11.6 Å². The molecule has 1 aliphatic heterocycles. The summed E-state index contributed by atoms with van der Waals surface area (Å²) in [4.78, 5) is 2.43. The Hall–Kier alpha value is -7.34. The quantitative estimate of drug-likeness (QED) is 0.121. The first-order valence-corrected chi connectivity index (χ1v) is 21.5. The molecule has 0 aromatic heterocycles. The smallest absolute Gasteiger partial charge is 0.0852 e. The molecule has 1 spiro atoms. The van der Waals surface area contributed by atoms with Crippen molar-refractivity contribution in [3.05, 3.63) is 269 Å². The van der Waals surface area contributed by atoms with E-state index in [9.17, 15) is 0 Å². The normalized spacial score (nSPS) is 14.0. The van der Waals surface area contributed by atoms with E-state index in [1.807, 2.05) is 0 Å². The molecular formula is C58H46N4. The number of hydrogen-bond donors (Lipinski definition) is 3. The van der Waals surface area contributed by atoms with Gasteiger partial charge in [0.1, 0.15) is 0 Å². The fourth-order valence-corrected chi connectivity index (χ4v) is 9.91. The molecule has 0 fully saturated rings. The second-order valence-corrected chi connectivity index (χ2v) is 16.3. The zero-order valence-corrected chi connectivity index (χ0v) is 34.3. The third-order valence-corrected chi connectivity index (χ3v) is 12.8. The zero-order valence-electron chi connectivity index (χ0n) is 34.3. The Morgan fingerprint density at radius 1 is 0.419 bits per heavy atom. The fraction of sp³-hybridized carbons (Fsp3) is 0.0690. The van der Waals surface area contributed by atoms with E-state index in [-0.39, 0.29) is 6.17 Å². The minimum absolute atomic E-state index is 0.177. The van der Waals surface area contributed by atoms with Crippen LogP contribution in [0.2, 0.25) is 0 Å². The lowest BCUT2D eigenvalue weighted by molar-refractivity contribution is 0.386. The van der Waals surface area contributed by atoms with Gasteiger partial charge in [-0.1, -0.05) is 194 Å². The summed E-state index contributed by atoms with van der Waals surface area (Å²) in [5.74, 6) is 0. The van der Waals surface area contributed by atoms with E-state index in [2.05, 4.69) is 246 Å². The Bertz CT molecular complexity index is 2970. The lowest BCUT2D eigenvalue weighted by atomic mass is 9.64. The van der Waals surface area contributed by atoms with Crippen molar-refractivity contribution in [2.24, 2.45) is 5.73 Å². The van der Waals surface area contributed by atoms with Gasteiger partial charge in [0.25, 0.3) is 0 Å². The van der Waals surface area contributed by atoms with Crippen LogP contribution in [0.4, 0.5) is 17.1 Å². The number of benzene rings is 9. The molecule has 2 aliphatic rings. The monoisotopic (exact) mass is 798 g/mol. The summed E-state index contributed by atoms with van der Waals surface area (Å²) in [7, 11) is 0. The van der Waals surface area contributed by atoms with Crippen LogP contribution in [-0.4, -0.2) is 0 Å². The summed E-state index contributed by atoms with van der Waals surface area (Å²) in [6, 6.07) is 83.2. The number of para-hydroxylation sites is 3. The van der Waals surface area contributed by atoms with Crippen LogP contribution in [0.15, 0.2) is 231 Å². The molecule has 0 saturated carbocycles. The number of nitrogens with one attached hydrogen (secondary N) is 2. The van der Waals surface area contributed by atoms with Crippen LogP contribution >= 0.6 is 0 Å². The molecule has 1 aliphatic carbocycles. The van der Waals surface area contributed by atoms with Crippen molar-refractivity contribution in [2.75, 3.05) is 4.90 Å². The van der Waals surface area contributed by atoms with Gasteiger partial charge in [-0.2, -0.15) is 0 Å². The maximum absolute atomic E-state index is 7.10. The highest BCUT2D eigenvalue weighted by Crippen LogP contribution is 2.63. The second-order valence-electron chi connectivity index (χ2n) is 16.3. The number of rotatable bonds is 10. The van der Waals surface area contributed by atoms with E-state index in [1.54, 1.807) is 0 Å². The number of hydrogen-bond acceptors (Lipinski definition) is 4. The molecule has 2 atom stereocenters. The van der Waals surface area contributed by atoms with Crippen LogP contribution < -0.4 is 21.3 Å². The summed E-state index contributed by atoms with van der Waals surface area (Å²) < 4.78 is 0. The summed E-state index contributed by atoms with van der Waals surface area (Å²) in [5, 5.41) is 7.50. The molecule has 0 amide bonds. The SMILES string of the molecule is NC(NC(NCc1ccc(-c2ccccc2)cc1)c1ccccc1)c1cccc(-c2ccc3c(c2)C2(c4ccccc4-3)c3ccccc3N(c3ccccc3)c3ccccc32)c1. The van der Waals surface area contributed by atoms with Gasteiger partial charge in [0, 0.05) is 12.2 Å². The molecule has 0 radical (unpaired) electrons. The van der Waals surface area contributed by atoms with Gasteiger partial charge in [0.2, 0.25) is 0 Å². The molecule has 62 heavy (non-hydrogen) atoms. The highest BCUT2D eigenvalue weighted by molar-refractivity contribution is 5.96. The number of fused-ring (bicyclic) bond motifs is 9. The van der Waals surface area contributed by atoms with Gasteiger partial charge in [0.05, 0.1) is 29.1 Å². The van der Waals surface area contributed by atoms with Gasteiger partial charge in [0.15, 0.2) is 0 Å². The average Bonchev–Trinajstić information content (AvgIpc) is 3.64. The molecule has 4 N–H and O–H groups in total. The van der Waals surface area contributed by atoms with Crippen LogP contribution in [0.3, 0.4) is 0 Å². The molecule has 9 aromatic rings. The lowest BCUT2D eigenvalue weighted by Gasteiger charge is -2.45. The van der Waals surface area contributed by atoms with Crippen molar-refractivity contribution in [3.63, 3.8) is 0 Å². The van der Waals surface area contributed by atoms with Crippen molar-refractivity contribution in [1.82, 2.24) is 10.6 Å². The third-order valence-electron chi connectivity index (χ3n) is 12.8. The third kappa shape index (κ3) is 6.45. The number of nitrogens with two attached hydrogens (primary N) is 1. The van der Waals surface area contributed by atoms with Crippen molar-refractivity contribution >= 4 is 17.1 Å². The predicted octanol–water partition coefficient (Wildman–Crippen LogP) is 13.2. The summed E-state index contributed by atoms with van der Waals surface area (Å²) in [6.45, 7) is 0.684. The van der Waals surface area contributed by atoms with Gasteiger partial charge in [-0.05, 0) is 109 Å². The molecule has 11 rings (SSSR count). The van der Waals surface area contributed by atoms with Gasteiger partial charge in [-0.25, -0.2) is 0 Å². The molecule has 4 nitrogen and oxygen atoms in total. The molecule has 4 heteroatoms. The minimum atomic E-state index is -0.521. The van der Waals surface area contributed by atoms with Crippen LogP contribution in [0.5, 0.6) is 0 Å². The maximum atomic E-state index is 7.10. The highest BCUT2D eigenvalue weighted by Gasteiger charge is 2.51. The van der Waals surface area contributed by atoms with E-state index >= 15 is 0 Å². The second kappa shape index (κ2) is 15.9. The fourth-order valence-electron chi connectivity index (χ4n) is 9.91. The summed E-state index contributed by atoms with van der Waals surface area (Å²) >= 11 is 0. The van der Waals surface area contributed by atoms with Gasteiger partial charge < -0.3 is 10.6 Å². The summed E-state index contributed by atoms with van der Waals surface area (Å²) in [6.07, 6.45) is -0.608. The topological polar surface area (TPSA) is 53.3 Å². The molecule has 0 saturated heterocycles. The Balaban J connectivity index is 0.943. The Labute approximate surface area is 364 Å². The van der Waals surface area contributed by atoms with Crippen molar-refractivity contribution in [3.8, 4) is 33.4 Å². The van der Waals surface area contributed by atoms with Crippen molar-refractivity contribution in [1.29, 1.82) is 0 Å². The molecule has 0 bridgehead atoms. The predicted molar refractivity (Wildman–Crippen MR) is 255 cm³/mol. The van der Waals surface area contributed by atoms with E-state index in [0.29, 0.717) is 6.54 Å². The minimum Gasteiger partial charge on any atom is -0.312 e. The lowest BCUT2D eigenvalue weighted by Crippen LogP contribution is -2.39. The molecule has 9 aromatic carbocycles. The molecule has 298 valence electrons. The first kappa shape index (κ1) is 37.6. The standard InChI is InChI=1S/C58H46N4/c59-56(61-57(43-19-6-2-7-20-43)60-39-40-31-33-42(34-32-40)41-17-4-1-5-18-41)46-22-16-21-44(37-46)45-35-36-49-48-25-10-11-26-50(48)58(53(49)38-45)51-27-12-14-29-54(51)62(47-23-8-3-9-24-47)55-30-15-13-28-52(55)58/h1-38,56-57,60-61H,39,59H2. The van der Waals surface area contributed by atoms with Gasteiger partial charge >= 0.3 is 0 Å². The van der Waals surface area contributed by atoms with Gasteiger partial charge in [-0.3, -0.25) is 10.6 Å². The van der Waals surface area contributed by atoms with E-state index in [1.165, 1.54) is 61.4 Å². The Kier molecular flexibility index (Phi) is 9.67. The Morgan fingerprint density at radius 3 is 1.65 bits per heavy atom. The van der Waals surface area contributed by atoms with E-state index in [0.717, 1.165) is 27.9 Å². The zero-order chi connectivity index (χ0) is 41.5. The summed E-state index contributed by atoms with van der Waals surface area (Å²) in [5.41, 5.74) is 25.9. The van der Waals surface area contributed by atoms with Crippen LogP contribution in [-0.2, 0) is 12.0 Å². The number of anilines is 3. The van der Waals surface area contributed by atoms with Crippen LogP contribution in [0.1, 0.15) is 51.3 Å². The first-order chi connectivity index (χ1) is 30.7. The molecular weight excluding hydrogens is 753 g/mol. The van der Waals surface area contributed by atoms with Crippen molar-refractivity contribution < 1.29 is 0 Å². The highest BCUT2D eigenvalue weighted by atomic mass is 15.2. The first-order valence-electron chi connectivity index (χ1n) is 21.5. The number of nitrogens with zero attached hydrogens (tertiary/aromatic N) is 1. The molecule has 2 unspecified atom stereocenters. The largest absolute Gasteiger partial charge is 0.312 e. The average molecular weight is 799 g/mol. The van der Waals surface area contributed by atoms with Gasteiger partial charge in [-0.15, -0.1) is 0 Å². The Morgan fingerprint density at radius 2 is 0.935 bits per heavy atom. The maximum Gasteiger partial charge on any atom is 0.0852 e.